The largest absolute Gasteiger partial charge is 0.507 e. The third kappa shape index (κ3) is 4.45. The minimum atomic E-state index is -0.140. The minimum Gasteiger partial charge on any atom is -0.507 e. The average Bonchev–Trinajstić information content (AvgIpc) is 2.56. The Labute approximate surface area is 194 Å². The van der Waals surface area contributed by atoms with Crippen molar-refractivity contribution in [2.45, 2.75) is 131 Å². The van der Waals surface area contributed by atoms with Gasteiger partial charge in [0.2, 0.25) is 0 Å². The van der Waals surface area contributed by atoms with E-state index in [1.54, 1.807) is 0 Å². The van der Waals surface area contributed by atoms with Crippen LogP contribution in [0.2, 0.25) is 0 Å². The number of benzene rings is 1. The van der Waals surface area contributed by atoms with Crippen LogP contribution in [0.25, 0.3) is 0 Å². The lowest BCUT2D eigenvalue weighted by Gasteiger charge is -2.49. The van der Waals surface area contributed by atoms with Crippen LogP contribution in [0.5, 0.6) is 5.75 Å². The van der Waals surface area contributed by atoms with Crippen LogP contribution < -0.4 is 0 Å². The normalized spacial score (nSPS) is 17.2. The standard InChI is InChI=1S/C30H50O/c1-18(2)17-30(20(5)6,21(7)8)24-22-15-14-16-29(12,13)25(22)27(31)26(28(9,10)11)23(24)19(3)4/h18-21,31H,14-16H2,1-13H3. The van der Waals surface area contributed by atoms with Crippen molar-refractivity contribution >= 4 is 0 Å². The number of hydrogen-bond acceptors (Lipinski definition) is 1. The van der Waals surface area contributed by atoms with Crippen LogP contribution in [0.3, 0.4) is 0 Å². The smallest absolute Gasteiger partial charge is 0.123 e. The fourth-order valence-corrected chi connectivity index (χ4v) is 6.56. The Morgan fingerprint density at radius 1 is 0.871 bits per heavy atom. The molecule has 0 aromatic heterocycles. The van der Waals surface area contributed by atoms with Crippen molar-refractivity contribution < 1.29 is 5.11 Å². The predicted octanol–water partition coefficient (Wildman–Crippen LogP) is 8.71. The van der Waals surface area contributed by atoms with Gasteiger partial charge in [0, 0.05) is 16.5 Å². The molecule has 1 aliphatic rings. The van der Waals surface area contributed by atoms with Crippen LogP contribution >= 0.6 is 0 Å². The molecule has 31 heavy (non-hydrogen) atoms. The lowest BCUT2D eigenvalue weighted by molar-refractivity contribution is 0.236. The molecule has 0 saturated carbocycles. The van der Waals surface area contributed by atoms with E-state index in [0.29, 0.717) is 29.4 Å². The average molecular weight is 427 g/mol. The van der Waals surface area contributed by atoms with Crippen LogP contribution in [0.15, 0.2) is 0 Å². The van der Waals surface area contributed by atoms with Crippen LogP contribution in [-0.2, 0) is 22.7 Å². The molecule has 2 rings (SSSR count). The van der Waals surface area contributed by atoms with Gasteiger partial charge in [0.1, 0.15) is 5.75 Å². The van der Waals surface area contributed by atoms with E-state index in [1.807, 2.05) is 0 Å². The van der Waals surface area contributed by atoms with Gasteiger partial charge in [-0.25, -0.2) is 0 Å². The van der Waals surface area contributed by atoms with Crippen LogP contribution in [-0.4, -0.2) is 5.11 Å². The molecule has 1 aromatic carbocycles. The minimum absolute atomic E-state index is 0.0144. The topological polar surface area (TPSA) is 20.2 Å². The Bertz CT molecular complexity index is 776. The Morgan fingerprint density at radius 2 is 1.39 bits per heavy atom. The molecule has 0 bridgehead atoms. The van der Waals surface area contributed by atoms with E-state index in [0.717, 1.165) is 12.8 Å². The molecule has 0 heterocycles. The van der Waals surface area contributed by atoms with E-state index in [9.17, 15) is 5.11 Å². The molecule has 1 heteroatoms. The molecule has 2 radical (unpaired) electrons. The summed E-state index contributed by atoms with van der Waals surface area (Å²) in [6.45, 7) is 30.2. The van der Waals surface area contributed by atoms with Gasteiger partial charge in [-0.05, 0) is 76.9 Å². The summed E-state index contributed by atoms with van der Waals surface area (Å²) in [4.78, 5) is 0. The molecule has 176 valence electrons. The molecule has 0 unspecified atom stereocenters. The highest BCUT2D eigenvalue weighted by atomic mass is 16.3. The summed E-state index contributed by atoms with van der Waals surface area (Å²) in [6.07, 6.45) is 7.48. The van der Waals surface area contributed by atoms with E-state index in [1.165, 1.54) is 34.2 Å². The third-order valence-corrected chi connectivity index (χ3v) is 7.61. The maximum absolute atomic E-state index is 11.9. The maximum atomic E-state index is 11.9. The zero-order chi connectivity index (χ0) is 24.1. The summed E-state index contributed by atoms with van der Waals surface area (Å²) in [5.41, 5.74) is 6.43. The molecule has 1 nitrogen and oxygen atoms in total. The third-order valence-electron chi connectivity index (χ3n) is 7.61. The Hall–Kier alpha value is -0.980. The molecule has 1 N–H and O–H groups in total. The van der Waals surface area contributed by atoms with Crippen LogP contribution in [0, 0.1) is 24.2 Å². The summed E-state index contributed by atoms with van der Waals surface area (Å²) in [5.74, 6) is 2.16. The van der Waals surface area contributed by atoms with Crippen LogP contribution in [0.4, 0.5) is 0 Å². The van der Waals surface area contributed by atoms with Crippen molar-refractivity contribution in [1.82, 2.24) is 0 Å². The number of aromatic hydroxyl groups is 1. The molecule has 0 saturated heterocycles. The second-order valence-electron chi connectivity index (χ2n) is 13.0. The first-order valence-electron chi connectivity index (χ1n) is 12.7. The molecule has 0 spiro atoms. The second-order valence-corrected chi connectivity index (χ2v) is 13.0. The molecule has 0 fully saturated rings. The SMILES string of the molecule is CC(C)[C]C(c1c2c(c(O)c(C(C)(C)C)c1C(C)C)C(C)(C)CCC2)(C(C)C)C(C)C. The van der Waals surface area contributed by atoms with Gasteiger partial charge >= 0.3 is 0 Å². The van der Waals surface area contributed by atoms with Gasteiger partial charge in [-0.2, -0.15) is 0 Å². The molecule has 0 aliphatic heterocycles. The zero-order valence-electron chi connectivity index (χ0n) is 22.9. The highest BCUT2D eigenvalue weighted by molar-refractivity contribution is 5.64. The van der Waals surface area contributed by atoms with E-state index >= 15 is 0 Å². The fraction of sp³-hybridized carbons (Fsp3) is 0.767. The van der Waals surface area contributed by atoms with Gasteiger partial charge in [-0.1, -0.05) is 90.0 Å². The molecular formula is C30H50O. The number of phenolic OH excluding ortho intramolecular Hbond substituents is 1. The van der Waals surface area contributed by atoms with E-state index in [-0.39, 0.29) is 16.2 Å². The van der Waals surface area contributed by atoms with Gasteiger partial charge in [0.25, 0.3) is 0 Å². The number of hydrogen-bond donors (Lipinski definition) is 1. The second kappa shape index (κ2) is 8.75. The summed E-state index contributed by atoms with van der Waals surface area (Å²) in [6, 6.07) is 0. The van der Waals surface area contributed by atoms with Crippen molar-refractivity contribution in [2.75, 3.05) is 0 Å². The summed E-state index contributed by atoms with van der Waals surface area (Å²) < 4.78 is 0. The number of phenols is 1. The highest BCUT2D eigenvalue weighted by Crippen LogP contribution is 2.57. The Morgan fingerprint density at radius 3 is 1.77 bits per heavy atom. The quantitative estimate of drug-likeness (QED) is 0.482. The first-order valence-corrected chi connectivity index (χ1v) is 12.7. The highest BCUT2D eigenvalue weighted by Gasteiger charge is 2.48. The zero-order valence-corrected chi connectivity index (χ0v) is 22.9. The first-order chi connectivity index (χ1) is 14.0. The van der Waals surface area contributed by atoms with Crippen molar-refractivity contribution in [3.63, 3.8) is 0 Å². The van der Waals surface area contributed by atoms with E-state index in [4.69, 9.17) is 0 Å². The first kappa shape index (κ1) is 26.3. The van der Waals surface area contributed by atoms with Crippen molar-refractivity contribution in [3.8, 4) is 5.75 Å². The maximum Gasteiger partial charge on any atom is 0.123 e. The number of fused-ring (bicyclic) bond motifs is 1. The van der Waals surface area contributed by atoms with Gasteiger partial charge in [-0.3, -0.25) is 0 Å². The molecule has 0 amide bonds. The summed E-state index contributed by atoms with van der Waals surface area (Å²) >= 11 is 0. The van der Waals surface area contributed by atoms with Gasteiger partial charge in [0.05, 0.1) is 0 Å². The Balaban J connectivity index is 3.24. The lowest BCUT2D eigenvalue weighted by atomic mass is 9.54. The number of rotatable bonds is 6. The molecule has 0 atom stereocenters. The van der Waals surface area contributed by atoms with Crippen molar-refractivity contribution in [2.24, 2.45) is 17.8 Å². The predicted molar refractivity (Wildman–Crippen MR) is 136 cm³/mol. The van der Waals surface area contributed by atoms with Crippen molar-refractivity contribution in [3.05, 3.63) is 34.2 Å². The Kier molecular flexibility index (Phi) is 7.42. The summed E-state index contributed by atoms with van der Waals surface area (Å²) in [5, 5.41) is 11.9. The molecule has 1 aliphatic carbocycles. The fourth-order valence-electron chi connectivity index (χ4n) is 6.56. The molecular weight excluding hydrogens is 376 g/mol. The molecule has 1 aromatic rings. The van der Waals surface area contributed by atoms with Crippen molar-refractivity contribution in [1.29, 1.82) is 0 Å². The van der Waals surface area contributed by atoms with Gasteiger partial charge < -0.3 is 5.11 Å². The monoisotopic (exact) mass is 426 g/mol. The van der Waals surface area contributed by atoms with E-state index < -0.39 is 0 Å². The summed E-state index contributed by atoms with van der Waals surface area (Å²) in [7, 11) is 0. The van der Waals surface area contributed by atoms with E-state index in [2.05, 4.69) is 96.4 Å². The van der Waals surface area contributed by atoms with Gasteiger partial charge in [-0.15, -0.1) is 0 Å². The lowest BCUT2D eigenvalue weighted by Crippen LogP contribution is -2.44. The van der Waals surface area contributed by atoms with Crippen LogP contribution in [0.1, 0.15) is 137 Å². The van der Waals surface area contributed by atoms with Gasteiger partial charge in [0.15, 0.2) is 0 Å².